The van der Waals surface area contributed by atoms with Crippen molar-refractivity contribution in [2.45, 2.75) is 25.8 Å². The van der Waals surface area contributed by atoms with Crippen molar-refractivity contribution in [2.24, 2.45) is 0 Å². The maximum absolute atomic E-state index is 11.8. The molecular formula is C16H23ClN2O2. The van der Waals surface area contributed by atoms with E-state index in [1.54, 1.807) is 0 Å². The zero-order valence-electron chi connectivity index (χ0n) is 12.4. The van der Waals surface area contributed by atoms with Gasteiger partial charge in [-0.3, -0.25) is 4.90 Å². The Bertz CT molecular complexity index is 501. The number of benzene rings is 1. The molecule has 2 aliphatic rings. The van der Waals surface area contributed by atoms with E-state index in [-0.39, 0.29) is 18.4 Å². The lowest BCUT2D eigenvalue weighted by Crippen LogP contribution is -2.48. The first-order chi connectivity index (χ1) is 9.78. The fourth-order valence-electron chi connectivity index (χ4n) is 3.24. The maximum atomic E-state index is 11.8. The number of carbonyl (C=O) groups is 1. The average molecular weight is 311 g/mol. The summed E-state index contributed by atoms with van der Waals surface area (Å²) < 4.78 is 5.07. The molecule has 3 rings (SSSR count). The van der Waals surface area contributed by atoms with Gasteiger partial charge in [0.15, 0.2) is 0 Å². The summed E-state index contributed by atoms with van der Waals surface area (Å²) in [5.74, 6) is -0.207. The summed E-state index contributed by atoms with van der Waals surface area (Å²) in [7, 11) is 0. The number of piperazine rings is 1. The fraction of sp³-hybridized carbons (Fsp3) is 0.562. The lowest BCUT2D eigenvalue weighted by atomic mass is 10.1. The number of rotatable bonds is 3. The van der Waals surface area contributed by atoms with Gasteiger partial charge in [0, 0.05) is 32.2 Å². The van der Waals surface area contributed by atoms with Crippen molar-refractivity contribution in [1.29, 1.82) is 0 Å². The first-order valence-electron chi connectivity index (χ1n) is 7.51. The molecule has 0 amide bonds. The van der Waals surface area contributed by atoms with E-state index in [2.05, 4.69) is 16.3 Å². The molecule has 1 aromatic rings. The molecule has 0 aromatic heterocycles. The van der Waals surface area contributed by atoms with Gasteiger partial charge >= 0.3 is 5.97 Å². The molecule has 21 heavy (non-hydrogen) atoms. The number of esters is 1. The molecule has 1 saturated heterocycles. The van der Waals surface area contributed by atoms with Crippen molar-refractivity contribution in [2.75, 3.05) is 32.8 Å². The van der Waals surface area contributed by atoms with E-state index >= 15 is 0 Å². The van der Waals surface area contributed by atoms with Gasteiger partial charge in [0.05, 0.1) is 12.2 Å². The van der Waals surface area contributed by atoms with Crippen molar-refractivity contribution >= 4 is 18.4 Å². The Hall–Kier alpha value is -1.10. The van der Waals surface area contributed by atoms with Crippen molar-refractivity contribution in [1.82, 2.24) is 10.2 Å². The number of hydrogen-bond acceptors (Lipinski definition) is 4. The first-order valence-corrected chi connectivity index (χ1v) is 7.51. The van der Waals surface area contributed by atoms with Gasteiger partial charge in [-0.1, -0.05) is 6.07 Å². The number of fused-ring (bicyclic) bond motifs is 1. The van der Waals surface area contributed by atoms with Gasteiger partial charge in [0.2, 0.25) is 0 Å². The molecule has 0 radical (unpaired) electrons. The van der Waals surface area contributed by atoms with E-state index < -0.39 is 0 Å². The van der Waals surface area contributed by atoms with Crippen LogP contribution in [0.2, 0.25) is 0 Å². The molecule has 1 aromatic carbocycles. The predicted octanol–water partition coefficient (Wildman–Crippen LogP) is 1.66. The third-order valence-corrected chi connectivity index (χ3v) is 4.30. The molecule has 4 nitrogen and oxygen atoms in total. The fourth-order valence-corrected chi connectivity index (χ4v) is 3.24. The molecule has 0 bridgehead atoms. The van der Waals surface area contributed by atoms with Gasteiger partial charge in [0.1, 0.15) is 0 Å². The average Bonchev–Trinajstić information content (AvgIpc) is 2.91. The summed E-state index contributed by atoms with van der Waals surface area (Å²) in [5.41, 5.74) is 3.40. The summed E-state index contributed by atoms with van der Waals surface area (Å²) in [6.07, 6.45) is 2.17. The Labute approximate surface area is 132 Å². The number of carbonyl (C=O) groups excluding carboxylic acids is 1. The van der Waals surface area contributed by atoms with Crippen LogP contribution >= 0.6 is 12.4 Å². The zero-order chi connectivity index (χ0) is 13.9. The monoisotopic (exact) mass is 310 g/mol. The van der Waals surface area contributed by atoms with E-state index in [9.17, 15) is 4.79 Å². The van der Waals surface area contributed by atoms with Crippen LogP contribution in [-0.4, -0.2) is 49.7 Å². The van der Waals surface area contributed by atoms with E-state index in [1.165, 1.54) is 11.1 Å². The Balaban J connectivity index is 0.00000161. The highest BCUT2D eigenvalue weighted by molar-refractivity contribution is 5.89. The first kappa shape index (κ1) is 16.3. The van der Waals surface area contributed by atoms with E-state index in [0.29, 0.717) is 18.2 Å². The lowest BCUT2D eigenvalue weighted by Gasteiger charge is -2.32. The largest absolute Gasteiger partial charge is 0.462 e. The van der Waals surface area contributed by atoms with Gasteiger partial charge in [-0.2, -0.15) is 0 Å². The van der Waals surface area contributed by atoms with E-state index in [1.807, 2.05) is 19.1 Å². The van der Waals surface area contributed by atoms with Crippen molar-refractivity contribution in [3.05, 3.63) is 34.9 Å². The maximum Gasteiger partial charge on any atom is 0.338 e. The summed E-state index contributed by atoms with van der Waals surface area (Å²) in [6.45, 7) is 6.69. The summed E-state index contributed by atoms with van der Waals surface area (Å²) >= 11 is 0. The molecular weight excluding hydrogens is 288 g/mol. The Morgan fingerprint density at radius 2 is 2.00 bits per heavy atom. The lowest BCUT2D eigenvalue weighted by molar-refractivity contribution is 0.0526. The molecule has 116 valence electrons. The highest BCUT2D eigenvalue weighted by atomic mass is 35.5. The molecule has 1 fully saturated rings. The Morgan fingerprint density at radius 3 is 2.71 bits per heavy atom. The summed E-state index contributed by atoms with van der Waals surface area (Å²) in [5, 5.41) is 3.39. The summed E-state index contributed by atoms with van der Waals surface area (Å²) in [6, 6.07) is 6.63. The van der Waals surface area contributed by atoms with Crippen LogP contribution in [0.5, 0.6) is 0 Å². The normalized spacial score (nSPS) is 21.5. The molecule has 0 saturated carbocycles. The van der Waals surface area contributed by atoms with Gasteiger partial charge in [0.25, 0.3) is 0 Å². The van der Waals surface area contributed by atoms with Crippen LogP contribution in [-0.2, 0) is 17.6 Å². The van der Waals surface area contributed by atoms with Crippen LogP contribution < -0.4 is 5.32 Å². The van der Waals surface area contributed by atoms with Crippen molar-refractivity contribution in [3.8, 4) is 0 Å². The standard InChI is InChI=1S/C16H22N2O2.ClH/c1-2-20-16(19)13-4-3-12-10-15(11-14(12)9-13)18-7-5-17-6-8-18;/h3-4,9,15,17H,2,5-8,10-11H2,1H3;1H. The molecule has 1 aliphatic carbocycles. The number of hydrogen-bond donors (Lipinski definition) is 1. The third-order valence-electron chi connectivity index (χ3n) is 4.30. The second-order valence-electron chi connectivity index (χ2n) is 5.55. The van der Waals surface area contributed by atoms with Crippen molar-refractivity contribution < 1.29 is 9.53 Å². The minimum absolute atomic E-state index is 0. The highest BCUT2D eigenvalue weighted by Gasteiger charge is 2.28. The van der Waals surface area contributed by atoms with Crippen LogP contribution in [0.4, 0.5) is 0 Å². The molecule has 1 unspecified atom stereocenters. The van der Waals surface area contributed by atoms with Crippen LogP contribution in [0.15, 0.2) is 18.2 Å². The topological polar surface area (TPSA) is 41.6 Å². The smallest absolute Gasteiger partial charge is 0.338 e. The van der Waals surface area contributed by atoms with Crippen molar-refractivity contribution in [3.63, 3.8) is 0 Å². The minimum Gasteiger partial charge on any atom is -0.462 e. The van der Waals surface area contributed by atoms with Gasteiger partial charge in [-0.25, -0.2) is 4.79 Å². The Kier molecular flexibility index (Phi) is 5.62. The molecule has 1 atom stereocenters. The predicted molar refractivity (Wildman–Crippen MR) is 85.3 cm³/mol. The zero-order valence-corrected chi connectivity index (χ0v) is 13.2. The second kappa shape index (κ2) is 7.25. The molecule has 1 N–H and O–H groups in total. The van der Waals surface area contributed by atoms with Crippen LogP contribution in [0.1, 0.15) is 28.4 Å². The molecule has 1 aliphatic heterocycles. The number of nitrogens with one attached hydrogen (secondary N) is 1. The number of ether oxygens (including phenoxy) is 1. The number of halogens is 1. The minimum atomic E-state index is -0.207. The van der Waals surface area contributed by atoms with Gasteiger partial charge in [-0.05, 0) is 43.0 Å². The van der Waals surface area contributed by atoms with E-state index in [4.69, 9.17) is 4.74 Å². The molecule has 5 heteroatoms. The van der Waals surface area contributed by atoms with Crippen LogP contribution in [0, 0.1) is 0 Å². The summed E-state index contributed by atoms with van der Waals surface area (Å²) in [4.78, 5) is 14.4. The quantitative estimate of drug-likeness (QED) is 0.862. The van der Waals surface area contributed by atoms with Crippen LogP contribution in [0.25, 0.3) is 0 Å². The van der Waals surface area contributed by atoms with Gasteiger partial charge in [-0.15, -0.1) is 12.4 Å². The highest BCUT2D eigenvalue weighted by Crippen LogP contribution is 2.27. The second-order valence-corrected chi connectivity index (χ2v) is 5.55. The third kappa shape index (κ3) is 3.57. The number of nitrogens with zero attached hydrogens (tertiary/aromatic N) is 1. The van der Waals surface area contributed by atoms with E-state index in [0.717, 1.165) is 39.0 Å². The molecule has 0 spiro atoms. The van der Waals surface area contributed by atoms with Crippen LogP contribution in [0.3, 0.4) is 0 Å². The van der Waals surface area contributed by atoms with Gasteiger partial charge < -0.3 is 10.1 Å². The Morgan fingerprint density at radius 1 is 1.29 bits per heavy atom. The SMILES string of the molecule is CCOC(=O)c1ccc2c(c1)CC(N1CCNCC1)C2.Cl. The molecule has 1 heterocycles.